The van der Waals surface area contributed by atoms with E-state index < -0.39 is 18.1 Å². The van der Waals surface area contributed by atoms with Gasteiger partial charge in [0.2, 0.25) is 0 Å². The van der Waals surface area contributed by atoms with E-state index in [1.807, 2.05) is 13.8 Å². The molecule has 0 aromatic heterocycles. The molecule has 0 aliphatic carbocycles. The van der Waals surface area contributed by atoms with Crippen LogP contribution in [0.15, 0.2) is 0 Å². The van der Waals surface area contributed by atoms with E-state index in [1.54, 1.807) is 0 Å². The number of ketones is 1. The normalized spacial score (nSPS) is 20.3. The van der Waals surface area contributed by atoms with E-state index in [0.29, 0.717) is 0 Å². The molecular formula is C10H15NO5. The summed E-state index contributed by atoms with van der Waals surface area (Å²) in [7, 11) is 0. The third-order valence-electron chi connectivity index (χ3n) is 2.20. The van der Waals surface area contributed by atoms with Crippen LogP contribution in [0.25, 0.3) is 0 Å². The van der Waals surface area contributed by atoms with Gasteiger partial charge in [-0.25, -0.2) is 9.59 Å². The van der Waals surface area contributed by atoms with Crippen molar-refractivity contribution in [3.8, 4) is 0 Å². The zero-order valence-electron chi connectivity index (χ0n) is 9.30. The van der Waals surface area contributed by atoms with Crippen LogP contribution in [0, 0.1) is 5.92 Å². The predicted octanol–water partition coefficient (Wildman–Crippen LogP) is 0.507. The van der Waals surface area contributed by atoms with Crippen molar-refractivity contribution in [3.63, 3.8) is 0 Å². The minimum absolute atomic E-state index is 0.133. The Kier molecular flexibility index (Phi) is 3.87. The number of carboxylic acids is 1. The van der Waals surface area contributed by atoms with Crippen LogP contribution in [0.1, 0.15) is 20.3 Å². The lowest BCUT2D eigenvalue weighted by Gasteiger charge is -2.20. The van der Waals surface area contributed by atoms with Crippen LogP contribution >= 0.6 is 0 Å². The average molecular weight is 229 g/mol. The van der Waals surface area contributed by atoms with Crippen molar-refractivity contribution in [2.45, 2.75) is 26.3 Å². The van der Waals surface area contributed by atoms with Gasteiger partial charge in [0, 0.05) is 6.42 Å². The monoisotopic (exact) mass is 229 g/mol. The van der Waals surface area contributed by atoms with Crippen molar-refractivity contribution in [2.75, 3.05) is 13.2 Å². The van der Waals surface area contributed by atoms with E-state index in [4.69, 9.17) is 9.84 Å². The van der Waals surface area contributed by atoms with Crippen LogP contribution in [0.5, 0.6) is 0 Å². The molecule has 1 rings (SSSR count). The third-order valence-corrected chi connectivity index (χ3v) is 2.20. The van der Waals surface area contributed by atoms with Crippen LogP contribution < -0.4 is 0 Å². The highest BCUT2D eigenvalue weighted by Gasteiger charge is 2.39. The summed E-state index contributed by atoms with van der Waals surface area (Å²) in [5.74, 6) is -1.26. The number of Topliss-reactive ketones (excluding diaryl/α,β-unsaturated/α-hetero) is 1. The van der Waals surface area contributed by atoms with Crippen LogP contribution in [0.2, 0.25) is 0 Å². The molecule has 1 amide bonds. The summed E-state index contributed by atoms with van der Waals surface area (Å²) in [5.41, 5.74) is 0. The average Bonchev–Trinajstić information content (AvgIpc) is 2.56. The second-order valence-corrected chi connectivity index (χ2v) is 4.20. The number of carboxylic acid groups (broad SMARTS) is 1. The zero-order chi connectivity index (χ0) is 12.3. The SMILES string of the molecule is CC(C)COC(=O)N1CC(=O)C[C@H]1C(=O)O. The summed E-state index contributed by atoms with van der Waals surface area (Å²) >= 11 is 0. The first-order valence-electron chi connectivity index (χ1n) is 5.09. The molecule has 6 nitrogen and oxygen atoms in total. The van der Waals surface area contributed by atoms with E-state index in [1.165, 1.54) is 0 Å². The molecule has 1 atom stereocenters. The lowest BCUT2D eigenvalue weighted by molar-refractivity contribution is -0.142. The highest BCUT2D eigenvalue weighted by Crippen LogP contribution is 2.16. The smallest absolute Gasteiger partial charge is 0.410 e. The summed E-state index contributed by atoms with van der Waals surface area (Å²) in [6.45, 7) is 3.79. The topological polar surface area (TPSA) is 83.9 Å². The number of carbonyl (C=O) groups excluding carboxylic acids is 2. The fourth-order valence-corrected chi connectivity index (χ4v) is 1.42. The van der Waals surface area contributed by atoms with E-state index in [9.17, 15) is 14.4 Å². The minimum atomic E-state index is -1.17. The van der Waals surface area contributed by atoms with Crippen molar-refractivity contribution in [1.29, 1.82) is 0 Å². The highest BCUT2D eigenvalue weighted by atomic mass is 16.6. The Morgan fingerprint density at radius 1 is 1.56 bits per heavy atom. The van der Waals surface area contributed by atoms with E-state index in [2.05, 4.69) is 0 Å². The van der Waals surface area contributed by atoms with Gasteiger partial charge in [0.05, 0.1) is 13.2 Å². The number of ether oxygens (including phenoxy) is 1. The number of rotatable bonds is 3. The summed E-state index contributed by atoms with van der Waals surface area (Å²) in [6, 6.07) is -1.08. The molecular weight excluding hydrogens is 214 g/mol. The fraction of sp³-hybridized carbons (Fsp3) is 0.700. The molecule has 6 heteroatoms. The Morgan fingerprint density at radius 3 is 2.69 bits per heavy atom. The van der Waals surface area contributed by atoms with Gasteiger partial charge >= 0.3 is 12.1 Å². The standard InChI is InChI=1S/C10H15NO5/c1-6(2)5-16-10(15)11-4-7(12)3-8(11)9(13)14/h6,8H,3-5H2,1-2H3,(H,13,14)/t8-/m0/s1. The molecule has 0 aromatic rings. The Hall–Kier alpha value is -1.59. The van der Waals surface area contributed by atoms with Crippen molar-refractivity contribution >= 4 is 17.8 Å². The van der Waals surface area contributed by atoms with Gasteiger partial charge in [-0.1, -0.05) is 13.8 Å². The maximum absolute atomic E-state index is 11.5. The molecule has 0 bridgehead atoms. The number of hydrogen-bond donors (Lipinski definition) is 1. The minimum Gasteiger partial charge on any atom is -0.480 e. The van der Waals surface area contributed by atoms with Crippen LogP contribution in [0.4, 0.5) is 4.79 Å². The van der Waals surface area contributed by atoms with Crippen LogP contribution in [-0.2, 0) is 14.3 Å². The molecule has 1 heterocycles. The van der Waals surface area contributed by atoms with Gasteiger partial charge in [-0.05, 0) is 5.92 Å². The van der Waals surface area contributed by atoms with Crippen LogP contribution in [0.3, 0.4) is 0 Å². The van der Waals surface area contributed by atoms with Crippen molar-refractivity contribution in [2.24, 2.45) is 5.92 Å². The zero-order valence-corrected chi connectivity index (χ0v) is 9.30. The van der Waals surface area contributed by atoms with Gasteiger partial charge in [-0.15, -0.1) is 0 Å². The number of likely N-dealkylation sites (tertiary alicyclic amines) is 1. The lowest BCUT2D eigenvalue weighted by atomic mass is 10.2. The number of hydrogen-bond acceptors (Lipinski definition) is 4. The number of carbonyl (C=O) groups is 3. The van der Waals surface area contributed by atoms with Gasteiger partial charge in [0.1, 0.15) is 6.04 Å². The molecule has 90 valence electrons. The summed E-state index contributed by atoms with van der Waals surface area (Å²) in [6.07, 6.45) is -0.863. The summed E-state index contributed by atoms with van der Waals surface area (Å²) in [5, 5.41) is 8.83. The molecule has 0 unspecified atom stereocenters. The Morgan fingerprint density at radius 2 is 2.19 bits per heavy atom. The van der Waals surface area contributed by atoms with Gasteiger partial charge in [-0.2, -0.15) is 0 Å². The van der Waals surface area contributed by atoms with E-state index >= 15 is 0 Å². The molecule has 1 fully saturated rings. The van der Waals surface area contributed by atoms with Crippen LogP contribution in [-0.4, -0.2) is 47.0 Å². The predicted molar refractivity (Wildman–Crippen MR) is 53.9 cm³/mol. The summed E-state index contributed by atoms with van der Waals surface area (Å²) in [4.78, 5) is 34.4. The molecule has 1 N–H and O–H groups in total. The molecule has 16 heavy (non-hydrogen) atoms. The maximum Gasteiger partial charge on any atom is 0.410 e. The highest BCUT2D eigenvalue weighted by molar-refractivity contribution is 5.95. The molecule has 0 saturated carbocycles. The van der Waals surface area contributed by atoms with E-state index in [0.717, 1.165) is 4.90 Å². The van der Waals surface area contributed by atoms with Crippen molar-refractivity contribution < 1.29 is 24.2 Å². The van der Waals surface area contributed by atoms with Crippen molar-refractivity contribution in [3.05, 3.63) is 0 Å². The Bertz CT molecular complexity index is 312. The quantitative estimate of drug-likeness (QED) is 0.762. The number of aliphatic carboxylic acids is 1. The maximum atomic E-state index is 11.5. The molecule has 0 aromatic carbocycles. The lowest BCUT2D eigenvalue weighted by Crippen LogP contribution is -2.41. The first-order chi connectivity index (χ1) is 7.41. The number of nitrogens with zero attached hydrogens (tertiary/aromatic N) is 1. The molecule has 1 aliphatic rings. The molecule has 1 saturated heterocycles. The molecule has 0 radical (unpaired) electrons. The molecule has 0 spiro atoms. The second kappa shape index (κ2) is 4.96. The molecule has 1 aliphatic heterocycles. The van der Waals surface area contributed by atoms with E-state index in [-0.39, 0.29) is 31.3 Å². The Balaban J connectivity index is 2.60. The largest absolute Gasteiger partial charge is 0.480 e. The van der Waals surface area contributed by atoms with Gasteiger partial charge in [-0.3, -0.25) is 9.69 Å². The van der Waals surface area contributed by atoms with Gasteiger partial charge in [0.15, 0.2) is 5.78 Å². The third kappa shape index (κ3) is 2.95. The first-order valence-corrected chi connectivity index (χ1v) is 5.09. The van der Waals surface area contributed by atoms with Crippen molar-refractivity contribution in [1.82, 2.24) is 4.90 Å². The Labute approximate surface area is 93.2 Å². The van der Waals surface area contributed by atoms with Gasteiger partial charge < -0.3 is 9.84 Å². The number of amides is 1. The van der Waals surface area contributed by atoms with Gasteiger partial charge in [0.25, 0.3) is 0 Å². The fourth-order valence-electron chi connectivity index (χ4n) is 1.42. The second-order valence-electron chi connectivity index (χ2n) is 4.20. The first kappa shape index (κ1) is 12.5. The summed E-state index contributed by atoms with van der Waals surface area (Å²) < 4.78 is 4.89.